The van der Waals surface area contributed by atoms with Gasteiger partial charge in [-0.25, -0.2) is 13.1 Å². The van der Waals surface area contributed by atoms with Crippen LogP contribution in [0.5, 0.6) is 0 Å². The van der Waals surface area contributed by atoms with Crippen molar-refractivity contribution in [3.05, 3.63) is 46.7 Å². The first-order valence-corrected chi connectivity index (χ1v) is 8.29. The zero-order valence-corrected chi connectivity index (χ0v) is 12.2. The third kappa shape index (κ3) is 3.56. The van der Waals surface area contributed by atoms with Crippen molar-refractivity contribution in [1.29, 1.82) is 0 Å². The van der Waals surface area contributed by atoms with Crippen molar-refractivity contribution in [1.82, 2.24) is 4.72 Å². The topological polar surface area (TPSA) is 72.2 Å². The van der Waals surface area contributed by atoms with Crippen LogP contribution in [-0.2, 0) is 16.4 Å². The van der Waals surface area contributed by atoms with Gasteiger partial charge in [0.15, 0.2) is 0 Å². The summed E-state index contributed by atoms with van der Waals surface area (Å²) in [7, 11) is -3.56. The lowest BCUT2D eigenvalue weighted by Crippen LogP contribution is -2.34. The molecule has 3 N–H and O–H groups in total. The van der Waals surface area contributed by atoms with Crippen LogP contribution in [0.3, 0.4) is 0 Å². The summed E-state index contributed by atoms with van der Waals surface area (Å²) in [6.45, 7) is 1.84. The van der Waals surface area contributed by atoms with Gasteiger partial charge in [0, 0.05) is 6.04 Å². The van der Waals surface area contributed by atoms with Crippen LogP contribution in [0, 0.1) is 0 Å². The number of para-hydroxylation sites is 1. The van der Waals surface area contributed by atoms with Gasteiger partial charge in [0.25, 0.3) is 0 Å². The van der Waals surface area contributed by atoms with E-state index in [0.717, 1.165) is 5.56 Å². The number of benzene rings is 1. The van der Waals surface area contributed by atoms with Crippen LogP contribution in [0.1, 0.15) is 12.5 Å². The molecule has 2 aromatic rings. The molecular formula is C13H16N2O2S2. The largest absolute Gasteiger partial charge is 0.398 e. The van der Waals surface area contributed by atoms with Crippen LogP contribution in [0.2, 0.25) is 0 Å². The van der Waals surface area contributed by atoms with Gasteiger partial charge in [0.2, 0.25) is 10.0 Å². The Morgan fingerprint density at radius 2 is 2.05 bits per heavy atom. The van der Waals surface area contributed by atoms with Gasteiger partial charge in [-0.3, -0.25) is 0 Å². The molecule has 0 bridgehead atoms. The van der Waals surface area contributed by atoms with E-state index in [1.54, 1.807) is 29.5 Å². The predicted molar refractivity (Wildman–Crippen MR) is 78.7 cm³/mol. The van der Waals surface area contributed by atoms with Gasteiger partial charge >= 0.3 is 0 Å². The van der Waals surface area contributed by atoms with Crippen molar-refractivity contribution in [2.45, 2.75) is 24.3 Å². The van der Waals surface area contributed by atoms with Gasteiger partial charge in [-0.1, -0.05) is 12.1 Å². The van der Waals surface area contributed by atoms with Crippen molar-refractivity contribution < 1.29 is 8.42 Å². The fourth-order valence-corrected chi connectivity index (χ4v) is 3.92. The fraction of sp³-hybridized carbons (Fsp3) is 0.231. The summed E-state index contributed by atoms with van der Waals surface area (Å²) in [6.07, 6.45) is 0.662. The molecule has 1 heterocycles. The highest BCUT2D eigenvalue weighted by Crippen LogP contribution is 2.18. The molecule has 4 nitrogen and oxygen atoms in total. The first-order chi connectivity index (χ1) is 8.99. The predicted octanol–water partition coefficient (Wildman–Crippen LogP) is 2.24. The normalized spacial score (nSPS) is 13.3. The van der Waals surface area contributed by atoms with Crippen molar-refractivity contribution in [2.75, 3.05) is 5.73 Å². The van der Waals surface area contributed by atoms with Crippen LogP contribution < -0.4 is 10.5 Å². The molecule has 2 rings (SSSR count). The molecule has 0 fully saturated rings. The lowest BCUT2D eigenvalue weighted by Gasteiger charge is -2.14. The van der Waals surface area contributed by atoms with Crippen LogP contribution >= 0.6 is 11.3 Å². The van der Waals surface area contributed by atoms with Crippen LogP contribution in [0.4, 0.5) is 5.69 Å². The number of nitrogens with one attached hydrogen (secondary N) is 1. The number of sulfonamides is 1. The minimum atomic E-state index is -3.56. The number of hydrogen-bond donors (Lipinski definition) is 2. The van der Waals surface area contributed by atoms with E-state index >= 15 is 0 Å². The number of thiophene rings is 1. The van der Waals surface area contributed by atoms with Crippen LogP contribution in [0.25, 0.3) is 0 Å². The molecule has 0 amide bonds. The molecule has 6 heteroatoms. The average molecular weight is 296 g/mol. The molecule has 0 saturated heterocycles. The molecule has 0 radical (unpaired) electrons. The SMILES string of the molecule is CC(Cc1ccsc1)NS(=O)(=O)c1ccccc1N. The molecule has 1 unspecified atom stereocenters. The maximum atomic E-state index is 12.2. The fourth-order valence-electron chi connectivity index (χ4n) is 1.86. The Balaban J connectivity index is 2.11. The number of nitrogens with two attached hydrogens (primary N) is 1. The minimum absolute atomic E-state index is 0.132. The summed E-state index contributed by atoms with van der Waals surface area (Å²) in [5.41, 5.74) is 7.09. The highest BCUT2D eigenvalue weighted by atomic mass is 32.2. The molecule has 0 aliphatic heterocycles. The second kappa shape index (κ2) is 5.73. The summed E-state index contributed by atoms with van der Waals surface area (Å²) in [6, 6.07) is 8.27. The van der Waals surface area contributed by atoms with E-state index in [0.29, 0.717) is 6.42 Å². The molecule has 0 aliphatic rings. The molecule has 0 spiro atoms. The van der Waals surface area contributed by atoms with E-state index < -0.39 is 10.0 Å². The van der Waals surface area contributed by atoms with E-state index in [1.807, 2.05) is 23.8 Å². The zero-order chi connectivity index (χ0) is 13.9. The van der Waals surface area contributed by atoms with Crippen LogP contribution in [-0.4, -0.2) is 14.5 Å². The molecule has 0 aliphatic carbocycles. The van der Waals surface area contributed by atoms with Gasteiger partial charge in [-0.15, -0.1) is 0 Å². The van der Waals surface area contributed by atoms with Gasteiger partial charge in [-0.05, 0) is 47.9 Å². The Kier molecular flexibility index (Phi) is 4.24. The Hall–Kier alpha value is -1.37. The Bertz CT molecular complexity index is 636. The second-order valence-electron chi connectivity index (χ2n) is 4.40. The average Bonchev–Trinajstić information content (AvgIpc) is 2.81. The zero-order valence-electron chi connectivity index (χ0n) is 10.5. The van der Waals surface area contributed by atoms with Gasteiger partial charge in [0.05, 0.1) is 5.69 Å². The van der Waals surface area contributed by atoms with Crippen molar-refractivity contribution >= 4 is 27.0 Å². The monoisotopic (exact) mass is 296 g/mol. The quantitative estimate of drug-likeness (QED) is 0.831. The first kappa shape index (κ1) is 14.0. The molecular weight excluding hydrogens is 280 g/mol. The third-order valence-electron chi connectivity index (χ3n) is 2.69. The van der Waals surface area contributed by atoms with E-state index in [2.05, 4.69) is 4.72 Å². The maximum absolute atomic E-state index is 12.2. The van der Waals surface area contributed by atoms with Gasteiger partial charge in [0.1, 0.15) is 4.90 Å². The van der Waals surface area contributed by atoms with E-state index in [4.69, 9.17) is 5.73 Å². The third-order valence-corrected chi connectivity index (χ3v) is 5.08. The van der Waals surface area contributed by atoms with Crippen molar-refractivity contribution in [3.8, 4) is 0 Å². The first-order valence-electron chi connectivity index (χ1n) is 5.87. The van der Waals surface area contributed by atoms with E-state index in [9.17, 15) is 8.42 Å². The molecule has 1 aromatic carbocycles. The molecule has 0 saturated carbocycles. The number of rotatable bonds is 5. The summed E-state index contributed by atoms with van der Waals surface area (Å²) >= 11 is 1.60. The van der Waals surface area contributed by atoms with Crippen molar-refractivity contribution in [2.24, 2.45) is 0 Å². The Morgan fingerprint density at radius 3 is 2.68 bits per heavy atom. The smallest absolute Gasteiger partial charge is 0.242 e. The molecule has 1 aromatic heterocycles. The highest BCUT2D eigenvalue weighted by Gasteiger charge is 2.19. The van der Waals surface area contributed by atoms with Crippen LogP contribution in [0.15, 0.2) is 46.0 Å². The lowest BCUT2D eigenvalue weighted by atomic mass is 10.1. The molecule has 19 heavy (non-hydrogen) atoms. The van der Waals surface area contributed by atoms with Gasteiger partial charge in [-0.2, -0.15) is 11.3 Å². The lowest BCUT2D eigenvalue weighted by molar-refractivity contribution is 0.560. The second-order valence-corrected chi connectivity index (χ2v) is 6.86. The highest BCUT2D eigenvalue weighted by molar-refractivity contribution is 7.89. The van der Waals surface area contributed by atoms with E-state index in [1.165, 1.54) is 6.07 Å². The summed E-state index contributed by atoms with van der Waals surface area (Å²) < 4.78 is 27.1. The van der Waals surface area contributed by atoms with Crippen molar-refractivity contribution in [3.63, 3.8) is 0 Å². The number of nitrogen functional groups attached to an aromatic ring is 1. The standard InChI is InChI=1S/C13H16N2O2S2/c1-10(8-11-6-7-18-9-11)15-19(16,17)13-5-3-2-4-12(13)14/h2-7,9-10,15H,8,14H2,1H3. The number of anilines is 1. The number of hydrogen-bond acceptors (Lipinski definition) is 4. The summed E-state index contributed by atoms with van der Waals surface area (Å²) in [4.78, 5) is 0.132. The Labute approximate surface area is 117 Å². The van der Waals surface area contributed by atoms with Gasteiger partial charge < -0.3 is 5.73 Å². The maximum Gasteiger partial charge on any atom is 0.242 e. The van der Waals surface area contributed by atoms with E-state index in [-0.39, 0.29) is 16.6 Å². The molecule has 1 atom stereocenters. The minimum Gasteiger partial charge on any atom is -0.398 e. The Morgan fingerprint density at radius 1 is 1.32 bits per heavy atom. The molecule has 102 valence electrons. The summed E-state index contributed by atoms with van der Waals surface area (Å²) in [5.74, 6) is 0. The summed E-state index contributed by atoms with van der Waals surface area (Å²) in [5, 5.41) is 3.99.